The molecule has 114 valence electrons. The SMILES string of the molecule is COc1ccccc1CC1CN=C(CC2CCNCC2)O1. The van der Waals surface area contributed by atoms with Gasteiger partial charge in [0.15, 0.2) is 5.90 Å². The van der Waals surface area contributed by atoms with Gasteiger partial charge in [-0.3, -0.25) is 4.99 Å². The summed E-state index contributed by atoms with van der Waals surface area (Å²) in [5.74, 6) is 2.63. The van der Waals surface area contributed by atoms with E-state index in [-0.39, 0.29) is 6.10 Å². The van der Waals surface area contributed by atoms with Crippen LogP contribution in [-0.2, 0) is 11.2 Å². The Morgan fingerprint density at radius 2 is 2.05 bits per heavy atom. The fourth-order valence-corrected chi connectivity index (χ4v) is 3.14. The molecule has 0 saturated carbocycles. The van der Waals surface area contributed by atoms with Crippen LogP contribution in [0.1, 0.15) is 24.8 Å². The fraction of sp³-hybridized carbons (Fsp3) is 0.588. The standard InChI is InChI=1S/C17H24N2O2/c1-20-16-5-3-2-4-14(16)11-15-12-19-17(21-15)10-13-6-8-18-9-7-13/h2-5,13,15,18H,6-12H2,1H3. The molecule has 0 radical (unpaired) electrons. The number of nitrogens with zero attached hydrogens (tertiary/aromatic N) is 1. The summed E-state index contributed by atoms with van der Waals surface area (Å²) in [5.41, 5.74) is 1.20. The van der Waals surface area contributed by atoms with E-state index in [1.54, 1.807) is 7.11 Å². The van der Waals surface area contributed by atoms with Gasteiger partial charge in [0.1, 0.15) is 11.9 Å². The molecule has 4 heteroatoms. The molecule has 1 aromatic rings. The highest BCUT2D eigenvalue weighted by molar-refractivity contribution is 5.78. The molecular weight excluding hydrogens is 264 g/mol. The van der Waals surface area contributed by atoms with Crippen LogP contribution in [0.5, 0.6) is 5.75 Å². The number of ether oxygens (including phenoxy) is 2. The number of piperidine rings is 1. The van der Waals surface area contributed by atoms with Crippen molar-refractivity contribution in [1.29, 1.82) is 0 Å². The van der Waals surface area contributed by atoms with E-state index < -0.39 is 0 Å². The molecule has 0 spiro atoms. The van der Waals surface area contributed by atoms with Crippen molar-refractivity contribution in [3.63, 3.8) is 0 Å². The summed E-state index contributed by atoms with van der Waals surface area (Å²) in [5, 5.41) is 3.40. The van der Waals surface area contributed by atoms with Crippen molar-refractivity contribution in [2.45, 2.75) is 31.8 Å². The summed E-state index contributed by atoms with van der Waals surface area (Å²) in [7, 11) is 1.72. The molecule has 3 rings (SSSR count). The molecule has 1 unspecified atom stereocenters. The van der Waals surface area contributed by atoms with Crippen LogP contribution in [0.25, 0.3) is 0 Å². The van der Waals surface area contributed by atoms with Crippen molar-refractivity contribution in [3.05, 3.63) is 29.8 Å². The molecule has 2 heterocycles. The first-order chi connectivity index (χ1) is 10.3. The van der Waals surface area contributed by atoms with E-state index in [9.17, 15) is 0 Å². The molecule has 1 aromatic carbocycles. The van der Waals surface area contributed by atoms with E-state index in [2.05, 4.69) is 16.4 Å². The lowest BCUT2D eigenvalue weighted by Gasteiger charge is -2.22. The Balaban J connectivity index is 1.51. The van der Waals surface area contributed by atoms with E-state index in [1.165, 1.54) is 18.4 Å². The highest BCUT2D eigenvalue weighted by atomic mass is 16.5. The van der Waals surface area contributed by atoms with Crippen LogP contribution in [0.15, 0.2) is 29.3 Å². The lowest BCUT2D eigenvalue weighted by molar-refractivity contribution is 0.211. The summed E-state index contributed by atoms with van der Waals surface area (Å²) in [4.78, 5) is 4.60. The van der Waals surface area contributed by atoms with Crippen LogP contribution < -0.4 is 10.1 Å². The molecule has 2 aliphatic heterocycles. The number of nitrogens with one attached hydrogen (secondary N) is 1. The largest absolute Gasteiger partial charge is 0.496 e. The Morgan fingerprint density at radius 3 is 2.86 bits per heavy atom. The second kappa shape index (κ2) is 6.94. The van der Waals surface area contributed by atoms with Crippen LogP contribution >= 0.6 is 0 Å². The van der Waals surface area contributed by atoms with Crippen LogP contribution in [0.2, 0.25) is 0 Å². The molecule has 0 amide bonds. The third-order valence-electron chi connectivity index (χ3n) is 4.34. The molecule has 0 aliphatic carbocycles. The number of hydrogen-bond acceptors (Lipinski definition) is 4. The molecule has 2 aliphatic rings. The van der Waals surface area contributed by atoms with Crippen molar-refractivity contribution in [2.24, 2.45) is 10.9 Å². The second-order valence-electron chi connectivity index (χ2n) is 5.89. The molecule has 0 aromatic heterocycles. The fourth-order valence-electron chi connectivity index (χ4n) is 3.14. The number of benzene rings is 1. The Bertz CT molecular complexity index is 495. The summed E-state index contributed by atoms with van der Waals surface area (Å²) in [6, 6.07) is 8.15. The van der Waals surface area contributed by atoms with Crippen molar-refractivity contribution < 1.29 is 9.47 Å². The smallest absolute Gasteiger partial charge is 0.184 e. The van der Waals surface area contributed by atoms with Crippen molar-refractivity contribution in [2.75, 3.05) is 26.7 Å². The van der Waals surface area contributed by atoms with Gasteiger partial charge in [0.25, 0.3) is 0 Å². The van der Waals surface area contributed by atoms with Gasteiger partial charge in [0.2, 0.25) is 0 Å². The first-order valence-corrected chi connectivity index (χ1v) is 7.87. The second-order valence-corrected chi connectivity index (χ2v) is 5.89. The number of hydrogen-bond donors (Lipinski definition) is 1. The van der Waals surface area contributed by atoms with Gasteiger partial charge in [-0.25, -0.2) is 0 Å². The summed E-state index contributed by atoms with van der Waals surface area (Å²) in [6.45, 7) is 3.03. The molecular formula is C17H24N2O2. The minimum Gasteiger partial charge on any atom is -0.496 e. The minimum atomic E-state index is 0.165. The zero-order chi connectivity index (χ0) is 14.5. The average Bonchev–Trinajstić information content (AvgIpc) is 2.96. The number of aliphatic imine (C=N–C) groups is 1. The maximum Gasteiger partial charge on any atom is 0.184 e. The van der Waals surface area contributed by atoms with E-state index in [1.807, 2.05) is 18.2 Å². The lowest BCUT2D eigenvalue weighted by atomic mass is 9.95. The molecule has 0 bridgehead atoms. The van der Waals surface area contributed by atoms with Crippen LogP contribution in [0.3, 0.4) is 0 Å². The molecule has 1 fully saturated rings. The van der Waals surface area contributed by atoms with Gasteiger partial charge in [0.05, 0.1) is 13.7 Å². The molecule has 1 saturated heterocycles. The maximum absolute atomic E-state index is 6.04. The molecule has 21 heavy (non-hydrogen) atoms. The van der Waals surface area contributed by atoms with Gasteiger partial charge in [-0.05, 0) is 43.5 Å². The van der Waals surface area contributed by atoms with Crippen LogP contribution in [0.4, 0.5) is 0 Å². The molecule has 4 nitrogen and oxygen atoms in total. The highest BCUT2D eigenvalue weighted by Crippen LogP contribution is 2.24. The first-order valence-electron chi connectivity index (χ1n) is 7.87. The molecule has 1 atom stereocenters. The third kappa shape index (κ3) is 3.76. The van der Waals surface area contributed by atoms with E-state index in [0.717, 1.165) is 50.0 Å². The number of rotatable bonds is 5. The van der Waals surface area contributed by atoms with Crippen molar-refractivity contribution in [1.82, 2.24) is 5.32 Å². The topological polar surface area (TPSA) is 42.8 Å². The Hall–Kier alpha value is -1.55. The van der Waals surface area contributed by atoms with Crippen molar-refractivity contribution in [3.8, 4) is 5.75 Å². The van der Waals surface area contributed by atoms with E-state index >= 15 is 0 Å². The highest BCUT2D eigenvalue weighted by Gasteiger charge is 2.24. The van der Waals surface area contributed by atoms with Crippen LogP contribution in [-0.4, -0.2) is 38.7 Å². The number of methoxy groups -OCH3 is 1. The molecule has 1 N–H and O–H groups in total. The normalized spacial score (nSPS) is 22.7. The summed E-state index contributed by atoms with van der Waals surface area (Å²) < 4.78 is 11.4. The zero-order valence-corrected chi connectivity index (χ0v) is 12.7. The van der Waals surface area contributed by atoms with E-state index in [4.69, 9.17) is 9.47 Å². The van der Waals surface area contributed by atoms with Gasteiger partial charge in [0, 0.05) is 12.8 Å². The Morgan fingerprint density at radius 1 is 1.24 bits per heavy atom. The predicted octanol–water partition coefficient (Wildman–Crippen LogP) is 2.42. The van der Waals surface area contributed by atoms with Gasteiger partial charge < -0.3 is 14.8 Å². The summed E-state index contributed by atoms with van der Waals surface area (Å²) >= 11 is 0. The van der Waals surface area contributed by atoms with Crippen molar-refractivity contribution >= 4 is 5.90 Å². The van der Waals surface area contributed by atoms with Gasteiger partial charge >= 0.3 is 0 Å². The Labute approximate surface area is 126 Å². The quantitative estimate of drug-likeness (QED) is 0.905. The summed E-state index contributed by atoms with van der Waals surface area (Å²) in [6.07, 6.45) is 4.50. The van der Waals surface area contributed by atoms with Crippen LogP contribution in [0, 0.1) is 5.92 Å². The van der Waals surface area contributed by atoms with Gasteiger partial charge in [-0.1, -0.05) is 18.2 Å². The minimum absolute atomic E-state index is 0.165. The Kier molecular flexibility index (Phi) is 4.76. The monoisotopic (exact) mass is 288 g/mol. The average molecular weight is 288 g/mol. The van der Waals surface area contributed by atoms with E-state index in [0.29, 0.717) is 0 Å². The predicted molar refractivity (Wildman–Crippen MR) is 84.1 cm³/mol. The number of para-hydroxylation sites is 1. The zero-order valence-electron chi connectivity index (χ0n) is 12.7. The lowest BCUT2D eigenvalue weighted by Crippen LogP contribution is -2.29. The van der Waals surface area contributed by atoms with Gasteiger partial charge in [-0.2, -0.15) is 0 Å². The van der Waals surface area contributed by atoms with Gasteiger partial charge in [-0.15, -0.1) is 0 Å². The maximum atomic E-state index is 6.04. The third-order valence-corrected chi connectivity index (χ3v) is 4.34. The first kappa shape index (κ1) is 14.4.